The highest BCUT2D eigenvalue weighted by Crippen LogP contribution is 2.47. The van der Waals surface area contributed by atoms with Gasteiger partial charge in [0.15, 0.2) is 12.3 Å². The molecule has 0 aliphatic carbocycles. The number of carbonyl (C=O) groups excluding carboxylic acids is 1. The van der Waals surface area contributed by atoms with E-state index in [4.69, 9.17) is 29.2 Å². The Hall–Kier alpha value is -3.99. The number of hydrogen-bond donors (Lipinski definition) is 0. The molecule has 2 aromatic carbocycles. The molecular weight excluding hydrogens is 610 g/mol. The molecule has 0 radical (unpaired) electrons. The number of hydrogen-bond acceptors (Lipinski definition) is 8. The van der Waals surface area contributed by atoms with Crippen LogP contribution in [-0.4, -0.2) is 95.4 Å². The molecule has 2 aliphatic rings. The number of allylic oxidation sites excluding steroid dienone is 4. The van der Waals surface area contributed by atoms with E-state index >= 15 is 0 Å². The van der Waals surface area contributed by atoms with Crippen molar-refractivity contribution >= 4 is 23.1 Å². The summed E-state index contributed by atoms with van der Waals surface area (Å²) in [5.74, 6) is -0.306. The number of esters is 1. The van der Waals surface area contributed by atoms with Crippen molar-refractivity contribution in [2.24, 2.45) is 5.11 Å². The van der Waals surface area contributed by atoms with Crippen molar-refractivity contribution in [3.63, 3.8) is 0 Å². The normalized spacial score (nSPS) is 16.8. The fraction of sp³-hybridized carbons (Fsp3) is 0.514. The smallest absolute Gasteiger partial charge is 0.302 e. The van der Waals surface area contributed by atoms with Crippen molar-refractivity contribution < 1.29 is 33.1 Å². The molecule has 2 aliphatic heterocycles. The number of fused-ring (bicyclic) bond motifs is 2. The van der Waals surface area contributed by atoms with Crippen molar-refractivity contribution in [3.05, 3.63) is 94.0 Å². The van der Waals surface area contributed by atoms with E-state index in [2.05, 4.69) is 114 Å². The highest BCUT2D eigenvalue weighted by Gasteiger charge is 2.44. The average molecular weight is 661 g/mol. The predicted octanol–water partition coefficient (Wildman–Crippen LogP) is 6.24. The van der Waals surface area contributed by atoms with Gasteiger partial charge in [-0.3, -0.25) is 4.79 Å². The molecule has 0 saturated heterocycles. The zero-order chi connectivity index (χ0) is 34.4. The molecule has 2 heterocycles. The Balaban J connectivity index is 1.45. The lowest BCUT2D eigenvalue weighted by molar-refractivity contribution is -0.442. The summed E-state index contributed by atoms with van der Waals surface area (Å²) in [6.45, 7) is 16.2. The third-order valence-electron chi connectivity index (χ3n) is 8.70. The first-order chi connectivity index (χ1) is 23.2. The second kappa shape index (κ2) is 18.0. The van der Waals surface area contributed by atoms with Crippen molar-refractivity contribution in [2.75, 3.05) is 84.0 Å². The van der Waals surface area contributed by atoms with Crippen LogP contribution in [0, 0.1) is 0 Å². The molecule has 0 atom stereocenters. The summed E-state index contributed by atoms with van der Waals surface area (Å²) in [7, 11) is 0. The van der Waals surface area contributed by atoms with Crippen molar-refractivity contribution in [3.8, 4) is 0 Å². The van der Waals surface area contributed by atoms with Gasteiger partial charge in [0, 0.05) is 59.4 Å². The molecule has 48 heavy (non-hydrogen) atoms. The lowest BCUT2D eigenvalue weighted by atomic mass is 9.81. The standard InChI is InChI=1S/C37H50N5O6/c1-29(43)48-28-27-47-26-25-46-22-19-42-33-14-9-7-12-31(33)37(4,5)35(42)16-10-15-34-36(2,3)30-11-6-8-13-32(30)41(34)18-21-45-24-23-44-20-17-39-40-38/h6-16H,17-28H2,1-5H3/q+1. The van der Waals surface area contributed by atoms with Crippen LogP contribution in [-0.2, 0) is 39.3 Å². The number of para-hydroxylation sites is 2. The Kier molecular flexibility index (Phi) is 13.8. The molecule has 0 unspecified atom stereocenters. The molecule has 2 aromatic rings. The van der Waals surface area contributed by atoms with Crippen LogP contribution in [0.2, 0.25) is 0 Å². The molecule has 0 spiro atoms. The zero-order valence-electron chi connectivity index (χ0n) is 29.0. The summed E-state index contributed by atoms with van der Waals surface area (Å²) in [5.41, 5.74) is 15.4. The minimum atomic E-state index is -0.306. The number of nitrogens with zero attached hydrogens (tertiary/aromatic N) is 5. The van der Waals surface area contributed by atoms with Crippen LogP contribution in [0.3, 0.4) is 0 Å². The van der Waals surface area contributed by atoms with E-state index < -0.39 is 0 Å². The van der Waals surface area contributed by atoms with Crippen LogP contribution >= 0.6 is 0 Å². The second-order valence-electron chi connectivity index (χ2n) is 12.6. The number of carbonyl (C=O) groups is 1. The molecule has 11 heteroatoms. The highest BCUT2D eigenvalue weighted by molar-refractivity contribution is 6.03. The lowest BCUT2D eigenvalue weighted by Gasteiger charge is -2.27. The van der Waals surface area contributed by atoms with Gasteiger partial charge in [0.2, 0.25) is 5.69 Å². The van der Waals surface area contributed by atoms with Crippen molar-refractivity contribution in [2.45, 2.75) is 45.4 Å². The molecule has 0 N–H and O–H groups in total. The molecule has 0 bridgehead atoms. The van der Waals surface area contributed by atoms with Gasteiger partial charge in [-0.15, -0.1) is 0 Å². The number of ether oxygens (including phenoxy) is 5. The maximum absolute atomic E-state index is 10.9. The minimum absolute atomic E-state index is 0.183. The summed E-state index contributed by atoms with van der Waals surface area (Å²) in [6.07, 6.45) is 6.67. The van der Waals surface area contributed by atoms with Crippen LogP contribution in [0.5, 0.6) is 0 Å². The van der Waals surface area contributed by atoms with Gasteiger partial charge in [0.05, 0.1) is 51.7 Å². The van der Waals surface area contributed by atoms with Gasteiger partial charge >= 0.3 is 5.97 Å². The maximum atomic E-state index is 10.9. The monoisotopic (exact) mass is 660 g/mol. The molecule has 0 aromatic heterocycles. The average Bonchev–Trinajstić information content (AvgIpc) is 3.41. The van der Waals surface area contributed by atoms with E-state index in [9.17, 15) is 4.79 Å². The van der Waals surface area contributed by atoms with Crippen LogP contribution in [0.25, 0.3) is 10.4 Å². The van der Waals surface area contributed by atoms with E-state index in [0.29, 0.717) is 72.5 Å². The van der Waals surface area contributed by atoms with Crippen LogP contribution in [0.4, 0.5) is 11.4 Å². The summed E-state index contributed by atoms with van der Waals surface area (Å²) >= 11 is 0. The largest absolute Gasteiger partial charge is 0.463 e. The predicted molar refractivity (Wildman–Crippen MR) is 187 cm³/mol. The first-order valence-corrected chi connectivity index (χ1v) is 16.6. The van der Waals surface area contributed by atoms with Gasteiger partial charge in [0.1, 0.15) is 13.2 Å². The first-order valence-electron chi connectivity index (χ1n) is 16.6. The zero-order valence-corrected chi connectivity index (χ0v) is 29.0. The van der Waals surface area contributed by atoms with Crippen LogP contribution in [0.15, 0.2) is 77.6 Å². The Labute approximate surface area is 284 Å². The molecule has 0 saturated carbocycles. The molecule has 258 valence electrons. The molecule has 11 nitrogen and oxygen atoms in total. The number of benzene rings is 2. The molecule has 0 fully saturated rings. The Bertz CT molecular complexity index is 1530. The maximum Gasteiger partial charge on any atom is 0.302 e. The summed E-state index contributed by atoms with van der Waals surface area (Å²) in [6, 6.07) is 17.2. The van der Waals surface area contributed by atoms with E-state index in [1.165, 1.54) is 40.8 Å². The number of rotatable bonds is 20. The second-order valence-corrected chi connectivity index (χ2v) is 12.6. The van der Waals surface area contributed by atoms with Gasteiger partial charge < -0.3 is 28.6 Å². The number of anilines is 1. The summed E-state index contributed by atoms with van der Waals surface area (Å²) in [4.78, 5) is 16.0. The van der Waals surface area contributed by atoms with E-state index in [-0.39, 0.29) is 23.4 Å². The highest BCUT2D eigenvalue weighted by atomic mass is 16.6. The van der Waals surface area contributed by atoms with E-state index in [1.54, 1.807) is 0 Å². The fourth-order valence-electron chi connectivity index (χ4n) is 6.34. The SMILES string of the molecule is CC(=O)OCCOCCOCCN1/C(=C/C=C/C2=[N+](CCOCCOCCN=[N+]=[N-])c3ccccc3C2(C)C)C(C)(C)c2ccccc21. The van der Waals surface area contributed by atoms with Crippen molar-refractivity contribution in [1.29, 1.82) is 0 Å². The van der Waals surface area contributed by atoms with Gasteiger partial charge in [0.25, 0.3) is 0 Å². The van der Waals surface area contributed by atoms with Crippen molar-refractivity contribution in [1.82, 2.24) is 0 Å². The number of azide groups is 1. The van der Waals surface area contributed by atoms with E-state index in [1.807, 2.05) is 0 Å². The van der Waals surface area contributed by atoms with Gasteiger partial charge in [-0.1, -0.05) is 61.4 Å². The van der Waals surface area contributed by atoms with Gasteiger partial charge in [-0.25, -0.2) is 0 Å². The lowest BCUT2D eigenvalue weighted by Crippen LogP contribution is -2.30. The van der Waals surface area contributed by atoms with Crippen LogP contribution < -0.4 is 4.90 Å². The Morgan fingerprint density at radius 1 is 0.833 bits per heavy atom. The molecule has 4 rings (SSSR count). The Morgan fingerprint density at radius 2 is 1.46 bits per heavy atom. The minimum Gasteiger partial charge on any atom is -0.463 e. The molecule has 0 amide bonds. The third kappa shape index (κ3) is 9.33. The van der Waals surface area contributed by atoms with E-state index in [0.717, 1.165) is 0 Å². The third-order valence-corrected chi connectivity index (χ3v) is 8.70. The topological polar surface area (TPSA) is 118 Å². The fourth-order valence-corrected chi connectivity index (χ4v) is 6.34. The van der Waals surface area contributed by atoms with Crippen LogP contribution in [0.1, 0.15) is 45.7 Å². The van der Waals surface area contributed by atoms with Gasteiger partial charge in [-0.2, -0.15) is 4.58 Å². The Morgan fingerprint density at radius 3 is 2.19 bits per heavy atom. The first kappa shape index (κ1) is 36.8. The summed E-state index contributed by atoms with van der Waals surface area (Å²) < 4.78 is 30.1. The quantitative estimate of drug-likeness (QED) is 0.0412. The summed E-state index contributed by atoms with van der Waals surface area (Å²) in [5, 5.41) is 3.48. The molecular formula is C37H50N5O6+. The van der Waals surface area contributed by atoms with Gasteiger partial charge in [-0.05, 0) is 37.1 Å².